The lowest BCUT2D eigenvalue weighted by molar-refractivity contribution is 0.0964. The Bertz CT molecular complexity index is 2260. The number of hydrogen-bond donors (Lipinski definition) is 1. The van der Waals surface area contributed by atoms with Gasteiger partial charge in [-0.15, -0.1) is 0 Å². The van der Waals surface area contributed by atoms with Gasteiger partial charge >= 0.3 is 0 Å². The van der Waals surface area contributed by atoms with E-state index in [0.29, 0.717) is 44.7 Å². The number of aromatic nitrogens is 3. The van der Waals surface area contributed by atoms with Crippen LogP contribution < -0.4 is 14.4 Å². The number of fused-ring (bicyclic) bond motifs is 6. The van der Waals surface area contributed by atoms with Gasteiger partial charge in [0, 0.05) is 36.5 Å². The minimum absolute atomic E-state index is 0.0859. The van der Waals surface area contributed by atoms with Crippen LogP contribution in [0.2, 0.25) is 0 Å². The molecule has 1 N–H and O–H groups in total. The van der Waals surface area contributed by atoms with Gasteiger partial charge in [0.25, 0.3) is 5.91 Å². The molecule has 44 heavy (non-hydrogen) atoms. The Morgan fingerprint density at radius 2 is 1.84 bits per heavy atom. The van der Waals surface area contributed by atoms with Gasteiger partial charge in [-0.1, -0.05) is 6.07 Å². The topological polar surface area (TPSA) is 120 Å². The minimum Gasteiger partial charge on any atom is -0.470 e. The van der Waals surface area contributed by atoms with E-state index in [2.05, 4.69) is 10.3 Å². The molecule has 0 saturated carbocycles. The summed E-state index contributed by atoms with van der Waals surface area (Å²) in [7, 11) is -0.907. The van der Waals surface area contributed by atoms with Crippen LogP contribution in [0.1, 0.15) is 10.4 Å². The van der Waals surface area contributed by atoms with E-state index >= 15 is 0 Å². The Labute approximate surface area is 249 Å². The molecule has 0 atom stereocenters. The number of furan rings is 1. The first-order valence-electron chi connectivity index (χ1n) is 13.4. The van der Waals surface area contributed by atoms with E-state index in [9.17, 15) is 22.0 Å². The summed E-state index contributed by atoms with van der Waals surface area (Å²) >= 11 is 0. The highest BCUT2D eigenvalue weighted by Gasteiger charge is 2.28. The number of amides is 1. The monoisotopic (exact) mass is 615 g/mol. The third-order valence-corrected chi connectivity index (χ3v) is 8.87. The van der Waals surface area contributed by atoms with Crippen molar-refractivity contribution in [1.29, 1.82) is 0 Å². The smallest absolute Gasteiger partial charge is 0.255 e. The molecule has 0 bridgehead atoms. The summed E-state index contributed by atoms with van der Waals surface area (Å²) in [4.78, 5) is 22.1. The van der Waals surface area contributed by atoms with E-state index in [1.54, 1.807) is 36.4 Å². The average molecular weight is 616 g/mol. The number of carbonyl (C=O) groups is 1. The number of halogens is 2. The number of ether oxygens (including phenoxy) is 1. The quantitative estimate of drug-likeness (QED) is 0.270. The molecule has 1 aliphatic heterocycles. The van der Waals surface area contributed by atoms with Crippen molar-refractivity contribution >= 4 is 43.5 Å². The molecule has 0 spiro atoms. The van der Waals surface area contributed by atoms with Gasteiger partial charge in [-0.05, 0) is 48.5 Å². The Morgan fingerprint density at radius 3 is 2.57 bits per heavy atom. The summed E-state index contributed by atoms with van der Waals surface area (Å²) < 4.78 is 68.8. The lowest BCUT2D eigenvalue weighted by Crippen LogP contribution is -2.25. The SMILES string of the molecule is CNC(=O)c1c(-c2ccc(F)cn2)oc2cc(N(C)S(C)(=O)=O)c(-c3ccc4c(n3)-c3cc5c(F)cccc5n3CO4)cc12. The standard InChI is InChI=1S/C31H23F2N5O5S/c1-34-31(39)28-19-11-18(24(37(2)44(3,40)41)13-27(19)43-30(28)22-8-7-16(32)14-35-22)21-9-10-26-29(36-21)25-12-17-20(33)5-4-6-23(17)38(25)15-42-26/h4-14H,15H2,1-3H3,(H,34,39). The van der Waals surface area contributed by atoms with Crippen molar-refractivity contribution in [3.8, 4) is 39.8 Å². The van der Waals surface area contributed by atoms with E-state index in [-0.39, 0.29) is 40.8 Å². The maximum atomic E-state index is 14.7. The number of carbonyl (C=O) groups excluding carboxylic acids is 1. The minimum atomic E-state index is -3.76. The average Bonchev–Trinajstić information content (AvgIpc) is 3.59. The van der Waals surface area contributed by atoms with Crippen molar-refractivity contribution in [2.75, 3.05) is 24.7 Å². The van der Waals surface area contributed by atoms with E-state index in [1.807, 2.05) is 4.57 Å². The second-order valence-electron chi connectivity index (χ2n) is 10.3. The normalized spacial score (nSPS) is 12.6. The van der Waals surface area contributed by atoms with Gasteiger partial charge in [0.2, 0.25) is 10.0 Å². The van der Waals surface area contributed by atoms with Crippen LogP contribution >= 0.6 is 0 Å². The van der Waals surface area contributed by atoms with Crippen molar-refractivity contribution in [1.82, 2.24) is 19.9 Å². The highest BCUT2D eigenvalue weighted by atomic mass is 32.2. The van der Waals surface area contributed by atoms with E-state index in [0.717, 1.165) is 16.8 Å². The molecule has 0 radical (unpaired) electrons. The molecule has 4 aromatic heterocycles. The molecule has 7 rings (SSSR count). The van der Waals surface area contributed by atoms with Gasteiger partial charge < -0.3 is 19.0 Å². The third kappa shape index (κ3) is 4.27. The van der Waals surface area contributed by atoms with Crippen molar-refractivity contribution in [3.05, 3.63) is 84.1 Å². The van der Waals surface area contributed by atoms with Crippen LogP contribution in [0.3, 0.4) is 0 Å². The summed E-state index contributed by atoms with van der Waals surface area (Å²) in [5.74, 6) is -0.864. The highest BCUT2D eigenvalue weighted by molar-refractivity contribution is 7.92. The number of benzene rings is 2. The van der Waals surface area contributed by atoms with Gasteiger partial charge in [0.15, 0.2) is 12.5 Å². The summed E-state index contributed by atoms with van der Waals surface area (Å²) in [6, 6.07) is 15.6. The van der Waals surface area contributed by atoms with Gasteiger partial charge in [-0.2, -0.15) is 0 Å². The lowest BCUT2D eigenvalue weighted by Gasteiger charge is -2.23. The molecule has 13 heteroatoms. The third-order valence-electron chi connectivity index (χ3n) is 7.68. The predicted octanol–water partition coefficient (Wildman–Crippen LogP) is 5.56. The zero-order valence-corrected chi connectivity index (χ0v) is 24.4. The van der Waals surface area contributed by atoms with Crippen molar-refractivity contribution in [2.24, 2.45) is 0 Å². The first-order chi connectivity index (χ1) is 21.0. The summed E-state index contributed by atoms with van der Waals surface area (Å²) in [5, 5.41) is 3.38. The summed E-state index contributed by atoms with van der Waals surface area (Å²) in [6.07, 6.45) is 2.07. The molecule has 0 fully saturated rings. The highest BCUT2D eigenvalue weighted by Crippen LogP contribution is 2.43. The lowest BCUT2D eigenvalue weighted by atomic mass is 10.0. The van der Waals surface area contributed by atoms with Gasteiger partial charge in [-0.3, -0.25) is 9.10 Å². The maximum absolute atomic E-state index is 14.7. The molecule has 1 aliphatic rings. The molecule has 0 aliphatic carbocycles. The van der Waals surface area contributed by atoms with Crippen molar-refractivity contribution in [3.63, 3.8) is 0 Å². The number of hydrogen-bond acceptors (Lipinski definition) is 7. The number of pyridine rings is 2. The van der Waals surface area contributed by atoms with Gasteiger partial charge in [0.1, 0.15) is 34.4 Å². The predicted molar refractivity (Wildman–Crippen MR) is 161 cm³/mol. The first-order valence-corrected chi connectivity index (χ1v) is 15.2. The number of nitrogens with one attached hydrogen (secondary N) is 1. The second-order valence-corrected chi connectivity index (χ2v) is 12.3. The molecule has 6 aromatic rings. The molecule has 0 unspecified atom stereocenters. The van der Waals surface area contributed by atoms with Gasteiger partial charge in [-0.25, -0.2) is 27.2 Å². The molecule has 1 amide bonds. The zero-order chi connectivity index (χ0) is 30.9. The van der Waals surface area contributed by atoms with E-state index in [1.165, 1.54) is 38.4 Å². The van der Waals surface area contributed by atoms with Crippen LogP contribution in [0, 0.1) is 11.6 Å². The fourth-order valence-corrected chi connectivity index (χ4v) is 5.94. The number of sulfonamides is 1. The Morgan fingerprint density at radius 1 is 1.05 bits per heavy atom. The molecular formula is C31H23F2N5O5S. The van der Waals surface area contributed by atoms with E-state index in [4.69, 9.17) is 14.1 Å². The summed E-state index contributed by atoms with van der Waals surface area (Å²) in [6.45, 7) is 0.162. The fraction of sp³-hybridized carbons (Fsp3) is 0.129. The van der Waals surface area contributed by atoms with Crippen molar-refractivity contribution in [2.45, 2.75) is 6.73 Å². The van der Waals surface area contributed by atoms with Crippen molar-refractivity contribution < 1.29 is 31.1 Å². The fourth-order valence-electron chi connectivity index (χ4n) is 5.43. The molecule has 5 heterocycles. The van der Waals surface area contributed by atoms with Crippen LogP contribution in [0.4, 0.5) is 14.5 Å². The molecule has 10 nitrogen and oxygen atoms in total. The Hall–Kier alpha value is -5.30. The Kier molecular flexibility index (Phi) is 6.18. The van der Waals surface area contributed by atoms with Crippen LogP contribution in [0.5, 0.6) is 5.75 Å². The Balaban J connectivity index is 1.50. The van der Waals surface area contributed by atoms with Crippen LogP contribution in [0.25, 0.3) is 56.0 Å². The summed E-state index contributed by atoms with van der Waals surface area (Å²) in [5.41, 5.74) is 3.23. The van der Waals surface area contributed by atoms with Crippen LogP contribution in [-0.4, -0.2) is 49.2 Å². The maximum Gasteiger partial charge on any atom is 0.255 e. The molecular weight excluding hydrogens is 592 g/mol. The number of rotatable bonds is 5. The van der Waals surface area contributed by atoms with Crippen LogP contribution in [0.15, 0.2) is 71.3 Å². The first kappa shape index (κ1) is 27.5. The molecule has 222 valence electrons. The van der Waals surface area contributed by atoms with E-state index < -0.39 is 21.7 Å². The largest absolute Gasteiger partial charge is 0.470 e. The van der Waals surface area contributed by atoms with Crippen LogP contribution in [-0.2, 0) is 16.8 Å². The second kappa shape index (κ2) is 9.88. The number of anilines is 1. The molecule has 0 saturated heterocycles. The molecule has 2 aromatic carbocycles. The number of nitrogens with zero attached hydrogens (tertiary/aromatic N) is 4. The zero-order valence-electron chi connectivity index (χ0n) is 23.6. The van der Waals surface area contributed by atoms with Gasteiger partial charge in [0.05, 0.1) is 40.6 Å².